The highest BCUT2D eigenvalue weighted by Crippen LogP contribution is 2.34. The second-order valence-electron chi connectivity index (χ2n) is 9.62. The van der Waals surface area contributed by atoms with Crippen molar-refractivity contribution in [3.63, 3.8) is 0 Å². The molecule has 10 heteroatoms. The minimum absolute atomic E-state index is 0.00905. The summed E-state index contributed by atoms with van der Waals surface area (Å²) in [6.45, 7) is 3.06. The van der Waals surface area contributed by atoms with Gasteiger partial charge in [-0.1, -0.05) is 31.0 Å². The zero-order valence-corrected chi connectivity index (χ0v) is 20.4. The van der Waals surface area contributed by atoms with Crippen molar-refractivity contribution in [1.29, 1.82) is 5.26 Å². The molecule has 1 aliphatic carbocycles. The normalized spacial score (nSPS) is 18.1. The summed E-state index contributed by atoms with van der Waals surface area (Å²) < 4.78 is 42.9. The van der Waals surface area contributed by atoms with Crippen LogP contribution in [0.3, 0.4) is 0 Å². The van der Waals surface area contributed by atoms with E-state index in [0.717, 1.165) is 29.0 Å². The second kappa shape index (κ2) is 9.88. The van der Waals surface area contributed by atoms with Gasteiger partial charge in [0.05, 0.1) is 34.5 Å². The van der Waals surface area contributed by atoms with Gasteiger partial charge < -0.3 is 5.11 Å². The van der Waals surface area contributed by atoms with E-state index in [2.05, 4.69) is 0 Å². The summed E-state index contributed by atoms with van der Waals surface area (Å²) in [5.41, 5.74) is -1.36. The van der Waals surface area contributed by atoms with E-state index in [1.807, 2.05) is 0 Å². The second-order valence-corrected chi connectivity index (χ2v) is 9.62. The fourth-order valence-corrected chi connectivity index (χ4v) is 5.34. The largest absolute Gasteiger partial charge is 0.481 e. The van der Waals surface area contributed by atoms with Crippen molar-refractivity contribution in [3.8, 4) is 6.07 Å². The van der Waals surface area contributed by atoms with E-state index in [1.54, 1.807) is 32.0 Å². The maximum Gasteiger partial charge on any atom is 0.417 e. The number of carboxylic acid groups (broad SMARTS) is 1. The number of nitriles is 1. The van der Waals surface area contributed by atoms with Gasteiger partial charge >= 0.3 is 17.8 Å². The Labute approximate surface area is 210 Å². The van der Waals surface area contributed by atoms with Crippen molar-refractivity contribution < 1.29 is 23.1 Å². The molecule has 1 heterocycles. The van der Waals surface area contributed by atoms with E-state index in [-0.39, 0.29) is 29.6 Å². The molecule has 7 nitrogen and oxygen atoms in total. The number of hydrogen-bond acceptors (Lipinski definition) is 4. The van der Waals surface area contributed by atoms with Gasteiger partial charge in [-0.2, -0.15) is 18.4 Å². The van der Waals surface area contributed by atoms with Crippen LogP contribution in [-0.4, -0.2) is 20.2 Å². The maximum absolute atomic E-state index is 13.7. The van der Waals surface area contributed by atoms with E-state index in [1.165, 1.54) is 16.7 Å². The number of carboxylic acids is 1. The van der Waals surface area contributed by atoms with Crippen molar-refractivity contribution in [2.24, 2.45) is 11.8 Å². The molecule has 37 heavy (non-hydrogen) atoms. The molecule has 2 atom stereocenters. The predicted molar refractivity (Wildman–Crippen MR) is 130 cm³/mol. The van der Waals surface area contributed by atoms with E-state index in [0.29, 0.717) is 18.4 Å². The van der Waals surface area contributed by atoms with Crippen molar-refractivity contribution >= 4 is 16.9 Å². The number of benzene rings is 2. The molecule has 3 aromatic rings. The quantitative estimate of drug-likeness (QED) is 0.537. The highest BCUT2D eigenvalue weighted by molar-refractivity contribution is 5.83. The molecule has 0 amide bonds. The fourth-order valence-electron chi connectivity index (χ4n) is 5.34. The van der Waals surface area contributed by atoms with Gasteiger partial charge in [-0.15, -0.1) is 0 Å². The molecule has 194 valence electrons. The van der Waals surface area contributed by atoms with Crippen LogP contribution in [0.2, 0.25) is 0 Å². The molecule has 4 rings (SSSR count). The van der Waals surface area contributed by atoms with Crippen LogP contribution >= 0.6 is 0 Å². The first-order chi connectivity index (χ1) is 17.5. The van der Waals surface area contributed by atoms with Crippen LogP contribution in [0.25, 0.3) is 10.9 Å². The standard InChI is InChI=1S/C27H26F3N3O4/c1-15-10-11-22-23(16(15)2)24(34)33(14-17-6-3-4-8-19(17)25(35)36)26(37)32(22)13-18-7-5-9-21(20(18)12-31)27(28,29)30/h5,7,9-11,17,19H,3-4,6,8,13-14H2,1-2H3,(H,35,36). The third kappa shape index (κ3) is 4.78. The molecule has 0 spiro atoms. The van der Waals surface area contributed by atoms with Crippen LogP contribution in [0.4, 0.5) is 13.2 Å². The summed E-state index contributed by atoms with van der Waals surface area (Å²) in [5.74, 6) is -2.11. The van der Waals surface area contributed by atoms with Crippen LogP contribution in [0.1, 0.15) is 53.5 Å². The number of rotatable bonds is 5. The van der Waals surface area contributed by atoms with Gasteiger partial charge in [-0.05, 0) is 61.4 Å². The fraction of sp³-hybridized carbons (Fsp3) is 0.407. The van der Waals surface area contributed by atoms with Gasteiger partial charge in [0.2, 0.25) is 0 Å². The Kier molecular flexibility index (Phi) is 7.00. The van der Waals surface area contributed by atoms with Gasteiger partial charge in [0, 0.05) is 6.54 Å². The maximum atomic E-state index is 13.7. The number of aliphatic carboxylic acids is 1. The number of nitrogens with zero attached hydrogens (tertiary/aromatic N) is 3. The third-order valence-electron chi connectivity index (χ3n) is 7.47. The zero-order valence-electron chi connectivity index (χ0n) is 20.4. The van der Waals surface area contributed by atoms with E-state index in [4.69, 9.17) is 0 Å². The molecule has 0 bridgehead atoms. The lowest BCUT2D eigenvalue weighted by Gasteiger charge is -2.29. The molecule has 0 saturated heterocycles. The van der Waals surface area contributed by atoms with Gasteiger partial charge in [0.25, 0.3) is 5.56 Å². The van der Waals surface area contributed by atoms with Gasteiger partial charge in [0.15, 0.2) is 0 Å². The molecule has 1 aromatic heterocycles. The Morgan fingerprint density at radius 3 is 2.46 bits per heavy atom. The summed E-state index contributed by atoms with van der Waals surface area (Å²) in [5, 5.41) is 19.5. The molecule has 0 aliphatic heterocycles. The SMILES string of the molecule is Cc1ccc2c(c1C)c(=O)n(CC1CCCCC1C(=O)O)c(=O)n2Cc1cccc(C(F)(F)F)c1C#N. The number of hydrogen-bond donors (Lipinski definition) is 1. The first-order valence-electron chi connectivity index (χ1n) is 12.0. The first kappa shape index (κ1) is 26.2. The van der Waals surface area contributed by atoms with Crippen LogP contribution < -0.4 is 11.2 Å². The molecule has 1 aliphatic rings. The summed E-state index contributed by atoms with van der Waals surface area (Å²) in [6, 6.07) is 8.25. The molecule has 1 fully saturated rings. The lowest BCUT2D eigenvalue weighted by Crippen LogP contribution is -2.44. The average Bonchev–Trinajstić information content (AvgIpc) is 2.85. The van der Waals surface area contributed by atoms with E-state index in [9.17, 15) is 37.9 Å². The van der Waals surface area contributed by atoms with Crippen molar-refractivity contribution in [2.75, 3.05) is 0 Å². The van der Waals surface area contributed by atoms with Crippen molar-refractivity contribution in [2.45, 2.75) is 58.8 Å². The molecule has 1 saturated carbocycles. The molecule has 2 unspecified atom stereocenters. The van der Waals surface area contributed by atoms with Crippen LogP contribution in [-0.2, 0) is 24.1 Å². The lowest BCUT2D eigenvalue weighted by molar-refractivity contribution is -0.145. The molecular formula is C27H26F3N3O4. The minimum Gasteiger partial charge on any atom is -0.481 e. The van der Waals surface area contributed by atoms with Gasteiger partial charge in [0.1, 0.15) is 6.07 Å². The number of carbonyl (C=O) groups is 1. The minimum atomic E-state index is -4.76. The van der Waals surface area contributed by atoms with Gasteiger partial charge in [-0.3, -0.25) is 18.7 Å². The highest BCUT2D eigenvalue weighted by Gasteiger charge is 2.35. The molecular weight excluding hydrogens is 487 g/mol. The predicted octanol–water partition coefficient (Wildman–Crippen LogP) is 4.61. The first-order valence-corrected chi connectivity index (χ1v) is 12.0. The Morgan fingerprint density at radius 2 is 1.81 bits per heavy atom. The number of halogens is 3. The Balaban J connectivity index is 1.95. The Hall–Kier alpha value is -3.87. The summed E-state index contributed by atoms with van der Waals surface area (Å²) in [7, 11) is 0. The summed E-state index contributed by atoms with van der Waals surface area (Å²) in [6.07, 6.45) is -2.24. The average molecular weight is 514 g/mol. The molecule has 1 N–H and O–H groups in total. The summed E-state index contributed by atoms with van der Waals surface area (Å²) in [4.78, 5) is 39.1. The summed E-state index contributed by atoms with van der Waals surface area (Å²) >= 11 is 0. The topological polar surface area (TPSA) is 105 Å². The highest BCUT2D eigenvalue weighted by atomic mass is 19.4. The Bertz CT molecular complexity index is 1550. The van der Waals surface area contributed by atoms with E-state index >= 15 is 0 Å². The Morgan fingerprint density at radius 1 is 1.11 bits per heavy atom. The monoisotopic (exact) mass is 513 g/mol. The van der Waals surface area contributed by atoms with Crippen molar-refractivity contribution in [1.82, 2.24) is 9.13 Å². The van der Waals surface area contributed by atoms with Crippen LogP contribution in [0, 0.1) is 37.0 Å². The number of fused-ring (bicyclic) bond motifs is 1. The number of aromatic nitrogens is 2. The molecule has 2 aromatic carbocycles. The van der Waals surface area contributed by atoms with Crippen molar-refractivity contribution in [3.05, 3.63) is 79.0 Å². The number of alkyl halides is 3. The van der Waals surface area contributed by atoms with Crippen LogP contribution in [0.5, 0.6) is 0 Å². The van der Waals surface area contributed by atoms with Crippen LogP contribution in [0.15, 0.2) is 39.9 Å². The van der Waals surface area contributed by atoms with E-state index < -0.39 is 46.4 Å². The van der Waals surface area contributed by atoms with Gasteiger partial charge in [-0.25, -0.2) is 4.79 Å². The third-order valence-corrected chi connectivity index (χ3v) is 7.47. The zero-order chi connectivity index (χ0) is 27.1. The lowest BCUT2D eigenvalue weighted by atomic mass is 9.79. The number of aryl methyl sites for hydroxylation is 2. The molecule has 0 radical (unpaired) electrons. The smallest absolute Gasteiger partial charge is 0.417 e.